The van der Waals surface area contributed by atoms with Crippen molar-refractivity contribution < 1.29 is 9.90 Å². The van der Waals surface area contributed by atoms with Gasteiger partial charge in [-0.1, -0.05) is 0 Å². The molecule has 0 aliphatic carbocycles. The molecule has 0 atom stereocenters. The first-order valence-electron chi connectivity index (χ1n) is 4.41. The number of aliphatic hydroxyl groups excluding tert-OH is 1. The van der Waals surface area contributed by atoms with Crippen LogP contribution in [0, 0.1) is 0 Å². The van der Waals surface area contributed by atoms with E-state index in [1.807, 2.05) is 6.92 Å². The van der Waals surface area contributed by atoms with Crippen LogP contribution in [0.3, 0.4) is 0 Å². The summed E-state index contributed by atoms with van der Waals surface area (Å²) in [5.74, 6) is 0.139. The molecular formula is C8H14N4O2. The molecule has 0 aliphatic heterocycles. The van der Waals surface area contributed by atoms with E-state index >= 15 is 0 Å². The van der Waals surface area contributed by atoms with Crippen LogP contribution in [-0.4, -0.2) is 33.9 Å². The number of aliphatic hydroxyl groups is 1. The van der Waals surface area contributed by atoms with Gasteiger partial charge in [-0.2, -0.15) is 5.10 Å². The van der Waals surface area contributed by atoms with Gasteiger partial charge in [0.15, 0.2) is 5.69 Å². The fourth-order valence-corrected chi connectivity index (χ4v) is 1.06. The Labute approximate surface area is 81.7 Å². The second-order valence-electron chi connectivity index (χ2n) is 2.75. The van der Waals surface area contributed by atoms with Crippen molar-refractivity contribution in [2.45, 2.75) is 13.5 Å². The van der Waals surface area contributed by atoms with Crippen molar-refractivity contribution >= 4 is 11.7 Å². The molecule has 1 aromatic heterocycles. The van der Waals surface area contributed by atoms with Crippen LogP contribution in [0.1, 0.15) is 17.4 Å². The van der Waals surface area contributed by atoms with Crippen LogP contribution < -0.4 is 11.1 Å². The number of hydrogen-bond acceptors (Lipinski definition) is 4. The second-order valence-corrected chi connectivity index (χ2v) is 2.75. The van der Waals surface area contributed by atoms with E-state index in [0.29, 0.717) is 12.4 Å². The summed E-state index contributed by atoms with van der Waals surface area (Å²) < 4.78 is 1.54. The highest BCUT2D eigenvalue weighted by Crippen LogP contribution is 2.05. The monoisotopic (exact) mass is 198 g/mol. The van der Waals surface area contributed by atoms with Crippen molar-refractivity contribution in [1.29, 1.82) is 0 Å². The molecule has 6 heteroatoms. The summed E-state index contributed by atoms with van der Waals surface area (Å²) in [7, 11) is 0. The van der Waals surface area contributed by atoms with Gasteiger partial charge in [0.05, 0.1) is 6.61 Å². The fourth-order valence-electron chi connectivity index (χ4n) is 1.06. The SMILES string of the molecule is CCn1nc(C(=O)NCCO)cc1N. The molecule has 0 aromatic carbocycles. The highest BCUT2D eigenvalue weighted by Gasteiger charge is 2.10. The van der Waals surface area contributed by atoms with Crippen LogP contribution in [0.4, 0.5) is 5.82 Å². The number of aromatic nitrogens is 2. The van der Waals surface area contributed by atoms with Gasteiger partial charge in [-0.05, 0) is 6.92 Å². The summed E-state index contributed by atoms with van der Waals surface area (Å²) in [6, 6.07) is 1.51. The predicted molar refractivity (Wildman–Crippen MR) is 51.7 cm³/mol. The van der Waals surface area contributed by atoms with Crippen molar-refractivity contribution in [1.82, 2.24) is 15.1 Å². The van der Waals surface area contributed by atoms with Gasteiger partial charge in [-0.3, -0.25) is 4.79 Å². The number of carbonyl (C=O) groups excluding carboxylic acids is 1. The first-order chi connectivity index (χ1) is 6.69. The molecule has 1 heterocycles. The molecule has 0 saturated heterocycles. The topological polar surface area (TPSA) is 93.2 Å². The lowest BCUT2D eigenvalue weighted by molar-refractivity contribution is 0.0939. The molecule has 4 N–H and O–H groups in total. The molecule has 0 radical (unpaired) electrons. The minimum atomic E-state index is -0.321. The Hall–Kier alpha value is -1.56. The predicted octanol–water partition coefficient (Wildman–Crippen LogP) is -0.793. The van der Waals surface area contributed by atoms with Gasteiger partial charge >= 0.3 is 0 Å². The van der Waals surface area contributed by atoms with Gasteiger partial charge in [0.1, 0.15) is 5.82 Å². The maximum atomic E-state index is 11.3. The Kier molecular flexibility index (Phi) is 3.47. The summed E-state index contributed by atoms with van der Waals surface area (Å²) in [5.41, 5.74) is 5.87. The lowest BCUT2D eigenvalue weighted by Gasteiger charge is -1.98. The summed E-state index contributed by atoms with van der Waals surface area (Å²) in [6.45, 7) is 2.64. The third-order valence-electron chi connectivity index (χ3n) is 1.74. The first kappa shape index (κ1) is 10.5. The maximum absolute atomic E-state index is 11.3. The number of nitrogens with zero attached hydrogens (tertiary/aromatic N) is 2. The number of nitrogens with one attached hydrogen (secondary N) is 1. The lowest BCUT2D eigenvalue weighted by Crippen LogP contribution is -2.26. The smallest absolute Gasteiger partial charge is 0.271 e. The molecule has 1 rings (SSSR count). The van der Waals surface area contributed by atoms with E-state index in [0.717, 1.165) is 0 Å². The quantitative estimate of drug-likeness (QED) is 0.591. The molecular weight excluding hydrogens is 184 g/mol. The van der Waals surface area contributed by atoms with E-state index in [4.69, 9.17) is 10.8 Å². The van der Waals surface area contributed by atoms with Crippen molar-refractivity contribution in [3.8, 4) is 0 Å². The Bertz CT molecular complexity index is 321. The molecule has 6 nitrogen and oxygen atoms in total. The van der Waals surface area contributed by atoms with E-state index in [-0.39, 0.29) is 24.8 Å². The number of nitrogen functional groups attached to an aromatic ring is 1. The van der Waals surface area contributed by atoms with Crippen molar-refractivity contribution in [3.05, 3.63) is 11.8 Å². The van der Waals surface area contributed by atoms with Crippen LogP contribution in [0.2, 0.25) is 0 Å². The van der Waals surface area contributed by atoms with E-state index < -0.39 is 0 Å². The van der Waals surface area contributed by atoms with Gasteiger partial charge in [0.2, 0.25) is 0 Å². The largest absolute Gasteiger partial charge is 0.395 e. The third-order valence-corrected chi connectivity index (χ3v) is 1.74. The van der Waals surface area contributed by atoms with E-state index in [1.54, 1.807) is 0 Å². The van der Waals surface area contributed by atoms with Crippen molar-refractivity contribution in [2.75, 3.05) is 18.9 Å². The average Bonchev–Trinajstić information content (AvgIpc) is 2.56. The molecule has 1 aromatic rings. The average molecular weight is 198 g/mol. The van der Waals surface area contributed by atoms with E-state index in [9.17, 15) is 4.79 Å². The molecule has 0 aliphatic rings. The maximum Gasteiger partial charge on any atom is 0.271 e. The molecule has 0 spiro atoms. The van der Waals surface area contributed by atoms with Crippen molar-refractivity contribution in [2.24, 2.45) is 0 Å². The van der Waals surface area contributed by atoms with Crippen LogP contribution in [-0.2, 0) is 6.54 Å². The van der Waals surface area contributed by atoms with Gasteiger partial charge in [0, 0.05) is 19.2 Å². The zero-order valence-electron chi connectivity index (χ0n) is 8.03. The molecule has 0 fully saturated rings. The van der Waals surface area contributed by atoms with Crippen LogP contribution in [0.5, 0.6) is 0 Å². The Morgan fingerprint density at radius 1 is 1.79 bits per heavy atom. The Balaban J connectivity index is 2.70. The zero-order chi connectivity index (χ0) is 10.6. The molecule has 14 heavy (non-hydrogen) atoms. The molecule has 0 bridgehead atoms. The normalized spacial score (nSPS) is 10.1. The number of amides is 1. The Morgan fingerprint density at radius 2 is 2.50 bits per heavy atom. The highest BCUT2D eigenvalue weighted by atomic mass is 16.3. The number of nitrogens with two attached hydrogens (primary N) is 1. The number of carbonyl (C=O) groups is 1. The molecule has 0 unspecified atom stereocenters. The minimum absolute atomic E-state index is 0.0876. The third kappa shape index (κ3) is 2.23. The standard InChI is InChI=1S/C8H14N4O2/c1-2-12-7(9)5-6(11-12)8(14)10-3-4-13/h5,13H,2-4,9H2,1H3,(H,10,14). The van der Waals surface area contributed by atoms with Crippen LogP contribution in [0.15, 0.2) is 6.07 Å². The minimum Gasteiger partial charge on any atom is -0.395 e. The first-order valence-corrected chi connectivity index (χ1v) is 4.41. The number of hydrogen-bond donors (Lipinski definition) is 3. The highest BCUT2D eigenvalue weighted by molar-refractivity contribution is 5.92. The summed E-state index contributed by atoms with van der Waals surface area (Å²) >= 11 is 0. The number of aryl methyl sites for hydroxylation is 1. The van der Waals surface area contributed by atoms with Crippen LogP contribution >= 0.6 is 0 Å². The molecule has 78 valence electrons. The van der Waals surface area contributed by atoms with Gasteiger partial charge < -0.3 is 16.2 Å². The molecule has 0 saturated carbocycles. The van der Waals surface area contributed by atoms with Gasteiger partial charge in [-0.15, -0.1) is 0 Å². The number of anilines is 1. The molecule has 1 amide bonds. The second kappa shape index (κ2) is 4.61. The Morgan fingerprint density at radius 3 is 3.00 bits per heavy atom. The lowest BCUT2D eigenvalue weighted by atomic mass is 10.4. The fraction of sp³-hybridized carbons (Fsp3) is 0.500. The zero-order valence-corrected chi connectivity index (χ0v) is 8.03. The van der Waals surface area contributed by atoms with Gasteiger partial charge in [0.25, 0.3) is 5.91 Å². The summed E-state index contributed by atoms with van der Waals surface area (Å²) in [6.07, 6.45) is 0. The van der Waals surface area contributed by atoms with Gasteiger partial charge in [-0.25, -0.2) is 4.68 Å². The van der Waals surface area contributed by atoms with E-state index in [1.165, 1.54) is 10.7 Å². The number of rotatable bonds is 4. The van der Waals surface area contributed by atoms with E-state index in [2.05, 4.69) is 10.4 Å². The summed E-state index contributed by atoms with van der Waals surface area (Å²) in [5, 5.41) is 15.0. The van der Waals surface area contributed by atoms with Crippen LogP contribution in [0.25, 0.3) is 0 Å². The van der Waals surface area contributed by atoms with Crippen molar-refractivity contribution in [3.63, 3.8) is 0 Å². The summed E-state index contributed by atoms with van der Waals surface area (Å²) in [4.78, 5) is 11.3.